The number of aromatic nitrogens is 3. The second-order valence-corrected chi connectivity index (χ2v) is 8.58. The summed E-state index contributed by atoms with van der Waals surface area (Å²) >= 11 is 3.51. The molecule has 0 fully saturated rings. The van der Waals surface area contributed by atoms with E-state index in [0.29, 0.717) is 19.3 Å². The van der Waals surface area contributed by atoms with E-state index < -0.39 is 0 Å². The molecule has 0 aliphatic carbocycles. The van der Waals surface area contributed by atoms with E-state index >= 15 is 0 Å². The molecule has 3 aromatic heterocycles. The molecule has 0 saturated heterocycles. The van der Waals surface area contributed by atoms with E-state index in [1.807, 2.05) is 30.8 Å². The van der Waals surface area contributed by atoms with Gasteiger partial charge in [-0.05, 0) is 30.9 Å². The van der Waals surface area contributed by atoms with Crippen molar-refractivity contribution in [3.05, 3.63) is 56.2 Å². The standard InChI is InChI=1S/C18H22N4OS2/c1-13-3-4-24-18(13)8-21-6-16-5-19-12-22(16)17(7-21)10-23-9-15-11-25-14(2)20-15/h3-5,11-12,17H,6-10H2,1-2H3/t17-/m1/s1. The summed E-state index contributed by atoms with van der Waals surface area (Å²) in [5, 5.41) is 5.34. The minimum atomic E-state index is 0.297. The quantitative estimate of drug-likeness (QED) is 0.658. The first-order valence-corrected chi connectivity index (χ1v) is 10.2. The van der Waals surface area contributed by atoms with E-state index in [2.05, 4.69) is 43.2 Å². The van der Waals surface area contributed by atoms with Gasteiger partial charge in [0.1, 0.15) is 0 Å². The van der Waals surface area contributed by atoms with Gasteiger partial charge >= 0.3 is 0 Å². The number of hydrogen-bond donors (Lipinski definition) is 0. The number of imidazole rings is 1. The summed E-state index contributed by atoms with van der Waals surface area (Å²) in [6.07, 6.45) is 3.91. The molecule has 0 spiro atoms. The summed E-state index contributed by atoms with van der Waals surface area (Å²) in [5.74, 6) is 0. The Labute approximate surface area is 155 Å². The summed E-state index contributed by atoms with van der Waals surface area (Å²) in [6.45, 7) is 8.40. The van der Waals surface area contributed by atoms with Crippen molar-refractivity contribution in [2.45, 2.75) is 39.6 Å². The minimum absolute atomic E-state index is 0.297. The third-order valence-electron chi connectivity index (χ3n) is 4.56. The molecular formula is C18H22N4OS2. The van der Waals surface area contributed by atoms with Gasteiger partial charge in [-0.15, -0.1) is 22.7 Å². The van der Waals surface area contributed by atoms with Crippen LogP contribution in [0.3, 0.4) is 0 Å². The van der Waals surface area contributed by atoms with E-state index in [9.17, 15) is 0 Å². The molecule has 3 aromatic rings. The van der Waals surface area contributed by atoms with Crippen LogP contribution >= 0.6 is 22.7 Å². The molecule has 1 aliphatic rings. The van der Waals surface area contributed by atoms with Crippen LogP contribution in [0.2, 0.25) is 0 Å². The monoisotopic (exact) mass is 374 g/mol. The highest BCUT2D eigenvalue weighted by Gasteiger charge is 2.25. The first-order chi connectivity index (χ1) is 12.2. The second kappa shape index (κ2) is 7.37. The Morgan fingerprint density at radius 1 is 1.32 bits per heavy atom. The molecule has 0 radical (unpaired) electrons. The van der Waals surface area contributed by atoms with Crippen LogP contribution in [0.5, 0.6) is 0 Å². The Kier molecular flexibility index (Phi) is 4.98. The van der Waals surface area contributed by atoms with Gasteiger partial charge in [0, 0.05) is 36.1 Å². The zero-order chi connectivity index (χ0) is 17.2. The van der Waals surface area contributed by atoms with Gasteiger partial charge in [0.05, 0.1) is 42.0 Å². The summed E-state index contributed by atoms with van der Waals surface area (Å²) < 4.78 is 8.25. The number of thiophene rings is 1. The predicted octanol–water partition coefficient (Wildman–Crippen LogP) is 3.79. The number of fused-ring (bicyclic) bond motifs is 1. The van der Waals surface area contributed by atoms with Gasteiger partial charge in [0.15, 0.2) is 0 Å². The maximum atomic E-state index is 5.98. The van der Waals surface area contributed by atoms with E-state index in [4.69, 9.17) is 4.74 Å². The molecule has 5 nitrogen and oxygen atoms in total. The van der Waals surface area contributed by atoms with Crippen molar-refractivity contribution in [3.63, 3.8) is 0 Å². The highest BCUT2D eigenvalue weighted by molar-refractivity contribution is 7.10. The van der Waals surface area contributed by atoms with Crippen molar-refractivity contribution in [1.82, 2.24) is 19.4 Å². The lowest BCUT2D eigenvalue weighted by Crippen LogP contribution is -2.38. The van der Waals surface area contributed by atoms with Gasteiger partial charge in [0.25, 0.3) is 0 Å². The topological polar surface area (TPSA) is 43.2 Å². The first-order valence-electron chi connectivity index (χ1n) is 8.44. The lowest BCUT2D eigenvalue weighted by molar-refractivity contribution is 0.0577. The molecule has 0 aromatic carbocycles. The fourth-order valence-corrected chi connectivity index (χ4v) is 4.80. The van der Waals surface area contributed by atoms with Crippen molar-refractivity contribution in [2.24, 2.45) is 0 Å². The van der Waals surface area contributed by atoms with Gasteiger partial charge in [-0.25, -0.2) is 9.97 Å². The molecule has 25 heavy (non-hydrogen) atoms. The highest BCUT2D eigenvalue weighted by Crippen LogP contribution is 2.25. The molecule has 4 rings (SSSR count). The Hall–Kier alpha value is -1.54. The maximum Gasteiger partial charge on any atom is 0.0952 e. The average Bonchev–Trinajstić information content (AvgIpc) is 3.30. The molecule has 1 aliphatic heterocycles. The first kappa shape index (κ1) is 16.9. The van der Waals surface area contributed by atoms with Gasteiger partial charge in [0.2, 0.25) is 0 Å². The van der Waals surface area contributed by atoms with Crippen LogP contribution in [0.4, 0.5) is 0 Å². The number of rotatable bonds is 6. The van der Waals surface area contributed by atoms with Crippen molar-refractivity contribution >= 4 is 22.7 Å². The predicted molar refractivity (Wildman–Crippen MR) is 101 cm³/mol. The van der Waals surface area contributed by atoms with Crippen molar-refractivity contribution in [2.75, 3.05) is 13.2 Å². The summed E-state index contributed by atoms with van der Waals surface area (Å²) in [5.41, 5.74) is 3.67. The SMILES string of the molecule is Cc1nc(COC[C@H]2CN(Cc3sccc3C)Cc3cncn32)cs1. The highest BCUT2D eigenvalue weighted by atomic mass is 32.1. The zero-order valence-electron chi connectivity index (χ0n) is 14.5. The molecule has 132 valence electrons. The zero-order valence-corrected chi connectivity index (χ0v) is 16.1. The van der Waals surface area contributed by atoms with Crippen molar-refractivity contribution in [1.29, 1.82) is 0 Å². The number of hydrogen-bond acceptors (Lipinski definition) is 6. The molecule has 0 unspecified atom stereocenters. The van der Waals surface area contributed by atoms with Gasteiger partial charge < -0.3 is 9.30 Å². The fourth-order valence-electron chi connectivity index (χ4n) is 3.26. The molecule has 0 amide bonds. The smallest absolute Gasteiger partial charge is 0.0952 e. The van der Waals surface area contributed by atoms with Crippen LogP contribution in [0, 0.1) is 13.8 Å². The van der Waals surface area contributed by atoms with Crippen molar-refractivity contribution < 1.29 is 4.74 Å². The molecule has 4 heterocycles. The third kappa shape index (κ3) is 3.84. The van der Waals surface area contributed by atoms with E-state index in [-0.39, 0.29) is 0 Å². The largest absolute Gasteiger partial charge is 0.373 e. The van der Waals surface area contributed by atoms with E-state index in [1.54, 1.807) is 11.3 Å². The molecule has 7 heteroatoms. The summed E-state index contributed by atoms with van der Waals surface area (Å²) in [6, 6.07) is 2.50. The fraction of sp³-hybridized carbons (Fsp3) is 0.444. The van der Waals surface area contributed by atoms with Crippen LogP contribution in [0.1, 0.15) is 32.9 Å². The average molecular weight is 375 g/mol. The normalized spacial score (nSPS) is 17.8. The number of ether oxygens (including phenoxy) is 1. The van der Waals surface area contributed by atoms with Gasteiger partial charge in [-0.1, -0.05) is 0 Å². The molecular weight excluding hydrogens is 352 g/mol. The van der Waals surface area contributed by atoms with Gasteiger partial charge in [-0.3, -0.25) is 4.90 Å². The summed E-state index contributed by atoms with van der Waals surface area (Å²) in [7, 11) is 0. The Morgan fingerprint density at radius 2 is 2.24 bits per heavy atom. The van der Waals surface area contributed by atoms with Gasteiger partial charge in [-0.2, -0.15) is 0 Å². The van der Waals surface area contributed by atoms with Crippen LogP contribution in [0.25, 0.3) is 0 Å². The summed E-state index contributed by atoms with van der Waals surface area (Å²) in [4.78, 5) is 12.8. The lowest BCUT2D eigenvalue weighted by atomic mass is 10.2. The Morgan fingerprint density at radius 3 is 3.00 bits per heavy atom. The van der Waals surface area contributed by atoms with E-state index in [1.165, 1.54) is 16.1 Å². The van der Waals surface area contributed by atoms with Crippen molar-refractivity contribution in [3.8, 4) is 0 Å². The van der Waals surface area contributed by atoms with Crippen LogP contribution in [0.15, 0.2) is 29.4 Å². The maximum absolute atomic E-state index is 5.98. The van der Waals surface area contributed by atoms with Crippen LogP contribution < -0.4 is 0 Å². The van der Waals surface area contributed by atoms with Crippen LogP contribution in [-0.2, 0) is 24.4 Å². The van der Waals surface area contributed by atoms with E-state index in [0.717, 1.165) is 30.3 Å². The Bertz CT molecular complexity index is 838. The second-order valence-electron chi connectivity index (χ2n) is 6.52. The number of thiazole rings is 1. The minimum Gasteiger partial charge on any atom is -0.373 e. The molecule has 1 atom stereocenters. The van der Waals surface area contributed by atoms with Crippen LogP contribution in [-0.4, -0.2) is 32.6 Å². The molecule has 0 bridgehead atoms. The Balaban J connectivity index is 1.41. The third-order valence-corrected chi connectivity index (χ3v) is 6.39. The molecule has 0 saturated carbocycles. The number of aryl methyl sites for hydroxylation is 2. The lowest BCUT2D eigenvalue weighted by Gasteiger charge is -2.34. The molecule has 0 N–H and O–H groups in total. The number of nitrogens with zero attached hydrogens (tertiary/aromatic N) is 4.